The van der Waals surface area contributed by atoms with Gasteiger partial charge in [-0.25, -0.2) is 0 Å². The number of nitrogens with zero attached hydrogens (tertiary/aromatic N) is 1. The number of rotatable bonds is 6. The molecule has 0 saturated carbocycles. The van der Waals surface area contributed by atoms with Gasteiger partial charge in [0.1, 0.15) is 0 Å². The third-order valence-electron chi connectivity index (χ3n) is 4.64. The number of nitrogens with two attached hydrogens (primary N) is 1. The summed E-state index contributed by atoms with van der Waals surface area (Å²) >= 11 is 3.40. The van der Waals surface area contributed by atoms with Crippen LogP contribution >= 0.6 is 28.3 Å². The van der Waals surface area contributed by atoms with Gasteiger partial charge >= 0.3 is 0 Å². The van der Waals surface area contributed by atoms with Gasteiger partial charge < -0.3 is 16.0 Å². The Labute approximate surface area is 157 Å². The van der Waals surface area contributed by atoms with Crippen LogP contribution in [0.4, 0.5) is 5.69 Å². The molecule has 7 heteroatoms. The summed E-state index contributed by atoms with van der Waals surface area (Å²) < 4.78 is 0.912. The van der Waals surface area contributed by atoms with Crippen LogP contribution in [-0.2, 0) is 9.59 Å². The predicted octanol–water partition coefficient (Wildman–Crippen LogP) is 2.86. The van der Waals surface area contributed by atoms with Crippen LogP contribution in [0.25, 0.3) is 0 Å². The van der Waals surface area contributed by atoms with Crippen molar-refractivity contribution in [3.8, 4) is 0 Å². The van der Waals surface area contributed by atoms with Crippen molar-refractivity contribution in [3.05, 3.63) is 28.7 Å². The maximum Gasteiger partial charge on any atom is 0.227 e. The summed E-state index contributed by atoms with van der Waals surface area (Å²) in [6.45, 7) is 4.89. The van der Waals surface area contributed by atoms with E-state index < -0.39 is 0 Å². The largest absolute Gasteiger partial charge is 0.354 e. The average Bonchev–Trinajstić information content (AvgIpc) is 2.94. The zero-order valence-electron chi connectivity index (χ0n) is 14.0. The smallest absolute Gasteiger partial charge is 0.227 e. The number of amides is 2. The van der Waals surface area contributed by atoms with Crippen molar-refractivity contribution < 1.29 is 9.59 Å². The number of carbonyl (C=O) groups excluding carboxylic acids is 2. The van der Waals surface area contributed by atoms with Crippen LogP contribution in [0.15, 0.2) is 28.7 Å². The van der Waals surface area contributed by atoms with Crippen LogP contribution in [-0.4, -0.2) is 30.4 Å². The molecule has 0 bridgehead atoms. The van der Waals surface area contributed by atoms with Crippen LogP contribution in [0.1, 0.15) is 33.1 Å². The molecule has 1 atom stereocenters. The molecule has 1 aliphatic heterocycles. The average molecular weight is 419 g/mol. The van der Waals surface area contributed by atoms with Crippen LogP contribution in [0.2, 0.25) is 0 Å². The standard InChI is InChI=1S/C17H24BrN3O2.ClH/c1-3-17(19,4-2)11-20-16(23)12-8-15(22)21(10-12)14-7-5-6-13(18)9-14;/h5-7,9,12H,3-4,8,10-11,19H2,1-2H3,(H,20,23);1H. The summed E-state index contributed by atoms with van der Waals surface area (Å²) in [7, 11) is 0. The Morgan fingerprint density at radius 3 is 2.67 bits per heavy atom. The van der Waals surface area contributed by atoms with Crippen molar-refractivity contribution in [1.82, 2.24) is 5.32 Å². The topological polar surface area (TPSA) is 75.4 Å². The number of halogens is 2. The van der Waals surface area contributed by atoms with Gasteiger partial charge in [0.25, 0.3) is 0 Å². The van der Waals surface area contributed by atoms with E-state index in [2.05, 4.69) is 21.2 Å². The molecule has 5 nitrogen and oxygen atoms in total. The fourth-order valence-corrected chi connectivity index (χ4v) is 3.07. The highest BCUT2D eigenvalue weighted by molar-refractivity contribution is 9.10. The van der Waals surface area contributed by atoms with Gasteiger partial charge in [-0.15, -0.1) is 12.4 Å². The highest BCUT2D eigenvalue weighted by Crippen LogP contribution is 2.27. The van der Waals surface area contributed by atoms with E-state index in [1.807, 2.05) is 38.1 Å². The second kappa shape index (κ2) is 8.83. The third-order valence-corrected chi connectivity index (χ3v) is 5.13. The fraction of sp³-hybridized carbons (Fsp3) is 0.529. The molecule has 2 amide bonds. The lowest BCUT2D eigenvalue weighted by atomic mass is 9.94. The molecule has 1 saturated heterocycles. The molecule has 1 unspecified atom stereocenters. The number of carbonyl (C=O) groups is 2. The first kappa shape index (κ1) is 20.9. The normalized spacial score (nSPS) is 17.6. The van der Waals surface area contributed by atoms with Crippen molar-refractivity contribution in [1.29, 1.82) is 0 Å². The first-order valence-electron chi connectivity index (χ1n) is 8.01. The second-order valence-electron chi connectivity index (χ2n) is 6.17. The van der Waals surface area contributed by atoms with E-state index in [1.54, 1.807) is 4.90 Å². The molecule has 134 valence electrons. The molecule has 3 N–H and O–H groups in total. The summed E-state index contributed by atoms with van der Waals surface area (Å²) in [5, 5.41) is 2.92. The number of anilines is 1. The molecule has 1 heterocycles. The first-order valence-corrected chi connectivity index (χ1v) is 8.80. The van der Waals surface area contributed by atoms with E-state index in [4.69, 9.17) is 5.73 Å². The zero-order chi connectivity index (χ0) is 17.0. The van der Waals surface area contributed by atoms with E-state index >= 15 is 0 Å². The van der Waals surface area contributed by atoms with Crippen molar-refractivity contribution in [2.24, 2.45) is 11.7 Å². The molecule has 0 aromatic heterocycles. The molecule has 24 heavy (non-hydrogen) atoms. The Morgan fingerprint density at radius 1 is 1.42 bits per heavy atom. The second-order valence-corrected chi connectivity index (χ2v) is 7.09. The van der Waals surface area contributed by atoms with E-state index in [0.29, 0.717) is 13.1 Å². The van der Waals surface area contributed by atoms with Crippen LogP contribution in [0, 0.1) is 5.92 Å². The lowest BCUT2D eigenvalue weighted by Crippen LogP contribution is -2.50. The Hall–Kier alpha value is -1.11. The molecule has 0 radical (unpaired) electrons. The summed E-state index contributed by atoms with van der Waals surface area (Å²) in [6.07, 6.45) is 1.85. The Bertz CT molecular complexity index is 593. The van der Waals surface area contributed by atoms with Gasteiger partial charge in [-0.2, -0.15) is 0 Å². The number of benzene rings is 1. The van der Waals surface area contributed by atoms with Gasteiger partial charge in [0.15, 0.2) is 0 Å². The molecule has 1 aromatic rings. The van der Waals surface area contributed by atoms with Gasteiger partial charge in [-0.3, -0.25) is 9.59 Å². The minimum Gasteiger partial charge on any atom is -0.354 e. The van der Waals surface area contributed by atoms with Gasteiger partial charge in [0, 0.05) is 35.2 Å². The SMILES string of the molecule is CCC(N)(CC)CNC(=O)C1CC(=O)N(c2cccc(Br)c2)C1.Cl. The molecular formula is C17H25BrClN3O2. The van der Waals surface area contributed by atoms with Crippen molar-refractivity contribution in [2.45, 2.75) is 38.6 Å². The number of hydrogen-bond acceptors (Lipinski definition) is 3. The van der Waals surface area contributed by atoms with Crippen LogP contribution in [0.5, 0.6) is 0 Å². The van der Waals surface area contributed by atoms with E-state index in [0.717, 1.165) is 23.0 Å². The Kier molecular flexibility index (Phi) is 7.70. The Morgan fingerprint density at radius 2 is 2.08 bits per heavy atom. The molecule has 0 spiro atoms. The lowest BCUT2D eigenvalue weighted by molar-refractivity contribution is -0.126. The fourth-order valence-electron chi connectivity index (χ4n) is 2.68. The molecule has 1 aromatic carbocycles. The highest BCUT2D eigenvalue weighted by Gasteiger charge is 2.35. The van der Waals surface area contributed by atoms with Gasteiger partial charge in [0.2, 0.25) is 11.8 Å². The quantitative estimate of drug-likeness (QED) is 0.746. The predicted molar refractivity (Wildman–Crippen MR) is 102 cm³/mol. The maximum atomic E-state index is 12.4. The summed E-state index contributed by atoms with van der Waals surface area (Å²) in [4.78, 5) is 26.2. The molecule has 2 rings (SSSR count). The monoisotopic (exact) mass is 417 g/mol. The molecular weight excluding hydrogens is 394 g/mol. The number of nitrogens with one attached hydrogen (secondary N) is 1. The van der Waals surface area contributed by atoms with E-state index in [9.17, 15) is 9.59 Å². The van der Waals surface area contributed by atoms with Crippen molar-refractivity contribution in [2.75, 3.05) is 18.0 Å². The summed E-state index contributed by atoms with van der Waals surface area (Å²) in [5.41, 5.74) is 6.65. The molecule has 1 aliphatic rings. The van der Waals surface area contributed by atoms with Crippen molar-refractivity contribution in [3.63, 3.8) is 0 Å². The van der Waals surface area contributed by atoms with E-state index in [1.165, 1.54) is 0 Å². The van der Waals surface area contributed by atoms with Gasteiger partial charge in [-0.1, -0.05) is 35.8 Å². The Balaban J connectivity index is 0.00000288. The molecule has 1 fully saturated rings. The summed E-state index contributed by atoms with van der Waals surface area (Å²) in [6, 6.07) is 7.55. The van der Waals surface area contributed by atoms with Gasteiger partial charge in [-0.05, 0) is 31.0 Å². The minimum atomic E-state index is -0.373. The third kappa shape index (κ3) is 4.94. The minimum absolute atomic E-state index is 0. The van der Waals surface area contributed by atoms with E-state index in [-0.39, 0.29) is 42.1 Å². The van der Waals surface area contributed by atoms with Crippen molar-refractivity contribution >= 4 is 45.8 Å². The first-order chi connectivity index (χ1) is 10.9. The summed E-state index contributed by atoms with van der Waals surface area (Å²) in [5.74, 6) is -0.430. The van der Waals surface area contributed by atoms with Crippen LogP contribution < -0.4 is 16.0 Å². The van der Waals surface area contributed by atoms with Crippen LogP contribution in [0.3, 0.4) is 0 Å². The number of hydrogen-bond donors (Lipinski definition) is 2. The molecule has 0 aliphatic carbocycles. The maximum absolute atomic E-state index is 12.4. The zero-order valence-corrected chi connectivity index (χ0v) is 16.5. The highest BCUT2D eigenvalue weighted by atomic mass is 79.9. The lowest BCUT2D eigenvalue weighted by Gasteiger charge is -2.27. The van der Waals surface area contributed by atoms with Gasteiger partial charge in [0.05, 0.1) is 5.92 Å².